The highest BCUT2D eigenvalue weighted by molar-refractivity contribution is 5.90. The van der Waals surface area contributed by atoms with Crippen LogP contribution in [0.2, 0.25) is 0 Å². The first-order valence-electron chi connectivity index (χ1n) is 9.43. The smallest absolute Gasteiger partial charge is 0.410 e. The molecule has 3 aliphatic heterocycles. The van der Waals surface area contributed by atoms with Gasteiger partial charge in [0.2, 0.25) is 5.91 Å². The zero-order valence-electron chi connectivity index (χ0n) is 16.3. The molecule has 0 aromatic rings. The summed E-state index contributed by atoms with van der Waals surface area (Å²) in [5, 5.41) is 10.3. The van der Waals surface area contributed by atoms with E-state index in [2.05, 4.69) is 10.9 Å². The summed E-state index contributed by atoms with van der Waals surface area (Å²) in [5.41, 5.74) is 4.14. The highest BCUT2D eigenvalue weighted by Crippen LogP contribution is 2.28. The molecule has 3 atom stereocenters. The number of fused-ring (bicyclic) bond motifs is 2. The van der Waals surface area contributed by atoms with E-state index in [1.54, 1.807) is 20.8 Å². The van der Waals surface area contributed by atoms with Crippen LogP contribution in [0.4, 0.5) is 9.59 Å². The van der Waals surface area contributed by atoms with Crippen molar-refractivity contribution in [1.29, 1.82) is 0 Å². The number of hydroxylamine groups is 2. The van der Waals surface area contributed by atoms with E-state index >= 15 is 0 Å². The Morgan fingerprint density at radius 2 is 1.75 bits per heavy atom. The van der Waals surface area contributed by atoms with Crippen molar-refractivity contribution in [3.63, 3.8) is 0 Å². The second kappa shape index (κ2) is 7.46. The lowest BCUT2D eigenvalue weighted by Gasteiger charge is -2.29. The Morgan fingerprint density at radius 1 is 1.07 bits per heavy atom. The van der Waals surface area contributed by atoms with Crippen LogP contribution in [0.15, 0.2) is 0 Å². The first-order valence-corrected chi connectivity index (χ1v) is 9.43. The monoisotopic (exact) mass is 397 g/mol. The van der Waals surface area contributed by atoms with Gasteiger partial charge in [0.15, 0.2) is 0 Å². The number of hydrazine groups is 1. The zero-order valence-corrected chi connectivity index (χ0v) is 16.3. The van der Waals surface area contributed by atoms with E-state index in [1.807, 2.05) is 0 Å². The average molecular weight is 397 g/mol. The summed E-state index contributed by atoms with van der Waals surface area (Å²) in [7, 11) is 0. The number of hydrogen-bond acceptors (Lipinski definition) is 6. The number of nitrogens with one attached hydrogen (secondary N) is 2. The number of carbonyl (C=O) groups is 4. The molecule has 3 heterocycles. The predicted molar refractivity (Wildman–Crippen MR) is 94.7 cm³/mol. The minimum atomic E-state index is -0.733. The largest absolute Gasteiger partial charge is 0.444 e. The van der Waals surface area contributed by atoms with Gasteiger partial charge >= 0.3 is 12.1 Å². The van der Waals surface area contributed by atoms with Gasteiger partial charge in [-0.1, -0.05) is 0 Å². The summed E-state index contributed by atoms with van der Waals surface area (Å²) in [6.45, 7) is 6.22. The number of amides is 5. The molecule has 0 aliphatic carbocycles. The highest BCUT2D eigenvalue weighted by atomic mass is 16.6. The third-order valence-electron chi connectivity index (χ3n) is 5.17. The SMILES string of the molecule is CC(C)(C)OC(=O)N1CCC(C(=O)NNC(=O)[C@@H]2CCC3CN2C(=O)N3O)C1. The summed E-state index contributed by atoms with van der Waals surface area (Å²) in [5.74, 6) is -1.35. The Bertz CT molecular complexity index is 677. The fraction of sp³-hybridized carbons (Fsp3) is 0.765. The Balaban J connectivity index is 1.46. The van der Waals surface area contributed by atoms with Crippen molar-refractivity contribution in [1.82, 2.24) is 25.7 Å². The lowest BCUT2D eigenvalue weighted by atomic mass is 10.0. The first-order chi connectivity index (χ1) is 13.1. The van der Waals surface area contributed by atoms with Gasteiger partial charge < -0.3 is 14.5 Å². The van der Waals surface area contributed by atoms with Crippen molar-refractivity contribution >= 4 is 23.9 Å². The number of rotatable bonds is 2. The Labute approximate surface area is 162 Å². The van der Waals surface area contributed by atoms with Crippen molar-refractivity contribution in [3.05, 3.63) is 0 Å². The molecule has 0 saturated carbocycles. The lowest BCUT2D eigenvalue weighted by molar-refractivity contribution is -0.133. The van der Waals surface area contributed by atoms with Crippen LogP contribution in [0.3, 0.4) is 0 Å². The minimum absolute atomic E-state index is 0.214. The minimum Gasteiger partial charge on any atom is -0.444 e. The maximum Gasteiger partial charge on any atom is 0.410 e. The van der Waals surface area contributed by atoms with Gasteiger partial charge in [0.05, 0.1) is 12.0 Å². The summed E-state index contributed by atoms with van der Waals surface area (Å²) >= 11 is 0. The van der Waals surface area contributed by atoms with E-state index in [0.29, 0.717) is 30.9 Å². The molecule has 3 fully saturated rings. The summed E-state index contributed by atoms with van der Waals surface area (Å²) in [6, 6.07) is -1.62. The van der Waals surface area contributed by atoms with E-state index in [4.69, 9.17) is 4.74 Å². The molecule has 0 aromatic carbocycles. The van der Waals surface area contributed by atoms with Gasteiger partial charge in [-0.25, -0.2) is 14.7 Å². The van der Waals surface area contributed by atoms with Crippen LogP contribution in [-0.4, -0.2) is 81.3 Å². The molecule has 5 amide bonds. The van der Waals surface area contributed by atoms with Gasteiger partial charge in [-0.3, -0.25) is 25.6 Å². The molecule has 0 spiro atoms. The molecule has 28 heavy (non-hydrogen) atoms. The molecule has 3 rings (SSSR count). The molecule has 2 bridgehead atoms. The molecule has 11 nitrogen and oxygen atoms in total. The molecule has 0 radical (unpaired) electrons. The number of carbonyl (C=O) groups excluding carboxylic acids is 4. The van der Waals surface area contributed by atoms with Gasteiger partial charge in [0, 0.05) is 19.6 Å². The van der Waals surface area contributed by atoms with Crippen molar-refractivity contribution < 1.29 is 29.1 Å². The predicted octanol–water partition coefficient (Wildman–Crippen LogP) is 0.0486. The van der Waals surface area contributed by atoms with E-state index < -0.39 is 41.5 Å². The third kappa shape index (κ3) is 4.13. The fourth-order valence-electron chi connectivity index (χ4n) is 3.70. The average Bonchev–Trinajstić information content (AvgIpc) is 3.19. The van der Waals surface area contributed by atoms with Crippen molar-refractivity contribution in [3.8, 4) is 0 Å². The van der Waals surface area contributed by atoms with Crippen LogP contribution in [0, 0.1) is 5.92 Å². The quantitative estimate of drug-likeness (QED) is 0.446. The van der Waals surface area contributed by atoms with Crippen molar-refractivity contribution in [2.45, 2.75) is 57.7 Å². The van der Waals surface area contributed by atoms with Gasteiger partial charge in [-0.15, -0.1) is 0 Å². The summed E-state index contributed by atoms with van der Waals surface area (Å²) in [4.78, 5) is 51.5. The maximum atomic E-state index is 12.4. The normalized spacial score (nSPS) is 27.1. The van der Waals surface area contributed by atoms with E-state index in [9.17, 15) is 24.4 Å². The molecule has 3 saturated heterocycles. The van der Waals surface area contributed by atoms with Gasteiger partial charge in [-0.05, 0) is 40.0 Å². The van der Waals surface area contributed by atoms with Crippen LogP contribution in [0.1, 0.15) is 40.0 Å². The number of nitrogens with zero attached hydrogens (tertiary/aromatic N) is 3. The Kier molecular flexibility index (Phi) is 5.37. The number of hydrogen-bond donors (Lipinski definition) is 3. The number of piperidine rings is 1. The van der Waals surface area contributed by atoms with Crippen LogP contribution >= 0.6 is 0 Å². The number of ether oxygens (including phenoxy) is 1. The lowest BCUT2D eigenvalue weighted by Crippen LogP contribution is -2.55. The first kappa shape index (κ1) is 20.2. The summed E-state index contributed by atoms with van der Waals surface area (Å²) < 4.78 is 5.30. The standard InChI is InChI=1S/C17H27N5O6/c1-17(2,3)28-16(26)20-7-6-10(8-20)13(23)18-19-14(24)12-5-4-11-9-21(12)15(25)22(11)27/h10-12,27H,4-9H2,1-3H3,(H,18,23)(H,19,24)/t10?,11?,12-/m0/s1. The van der Waals surface area contributed by atoms with Crippen LogP contribution in [0.5, 0.6) is 0 Å². The summed E-state index contributed by atoms with van der Waals surface area (Å²) in [6.07, 6.45) is 0.920. The molecular weight excluding hydrogens is 370 g/mol. The highest BCUT2D eigenvalue weighted by Gasteiger charge is 2.47. The van der Waals surface area contributed by atoms with Gasteiger partial charge in [-0.2, -0.15) is 0 Å². The third-order valence-corrected chi connectivity index (χ3v) is 5.17. The van der Waals surface area contributed by atoms with E-state index in [0.717, 1.165) is 0 Å². The van der Waals surface area contributed by atoms with Gasteiger partial charge in [0.25, 0.3) is 5.91 Å². The molecule has 0 aromatic heterocycles. The van der Waals surface area contributed by atoms with Gasteiger partial charge in [0.1, 0.15) is 11.6 Å². The maximum absolute atomic E-state index is 12.4. The zero-order chi connectivity index (χ0) is 20.6. The Morgan fingerprint density at radius 3 is 2.43 bits per heavy atom. The molecule has 3 aliphatic rings. The Hall–Kier alpha value is -2.56. The van der Waals surface area contributed by atoms with Crippen molar-refractivity contribution in [2.75, 3.05) is 19.6 Å². The van der Waals surface area contributed by atoms with Crippen molar-refractivity contribution in [2.24, 2.45) is 5.92 Å². The topological polar surface area (TPSA) is 132 Å². The number of urea groups is 1. The number of likely N-dealkylation sites (tertiary alicyclic amines) is 1. The molecule has 11 heteroatoms. The molecule has 2 unspecified atom stereocenters. The van der Waals surface area contributed by atoms with Crippen LogP contribution < -0.4 is 10.9 Å². The fourth-order valence-corrected chi connectivity index (χ4v) is 3.70. The second-order valence-electron chi connectivity index (χ2n) is 8.42. The van der Waals surface area contributed by atoms with Crippen LogP contribution in [0.25, 0.3) is 0 Å². The van der Waals surface area contributed by atoms with E-state index in [-0.39, 0.29) is 19.1 Å². The molecule has 3 N–H and O–H groups in total. The van der Waals surface area contributed by atoms with Crippen LogP contribution in [-0.2, 0) is 14.3 Å². The molecular formula is C17H27N5O6. The second-order valence-corrected chi connectivity index (χ2v) is 8.42. The van der Waals surface area contributed by atoms with E-state index in [1.165, 1.54) is 9.80 Å². The molecule has 156 valence electrons.